The molecule has 3 rings (SSSR count). The summed E-state index contributed by atoms with van der Waals surface area (Å²) < 4.78 is 5.17. The van der Waals surface area contributed by atoms with E-state index in [0.717, 1.165) is 33.9 Å². The normalized spacial score (nSPS) is 17.1. The first-order chi connectivity index (χ1) is 11.2. The zero-order valence-corrected chi connectivity index (χ0v) is 15.0. The fourth-order valence-corrected chi connectivity index (χ4v) is 4.22. The Bertz CT molecular complexity index is 676. The number of thioether (sulfide) groups is 1. The molecule has 0 unspecified atom stereocenters. The number of hydrogen-bond acceptors (Lipinski definition) is 3. The van der Waals surface area contributed by atoms with Crippen LogP contribution in [0.1, 0.15) is 10.9 Å². The van der Waals surface area contributed by atoms with E-state index in [1.165, 1.54) is 5.56 Å². The molecule has 1 aliphatic heterocycles. The van der Waals surface area contributed by atoms with Crippen molar-refractivity contribution < 1.29 is 4.74 Å². The SMILES string of the molecule is COc1ccc(NC(=S)N2CCS[C@@H]2c2ccc(Cl)cc2)cc1. The molecule has 0 spiro atoms. The predicted molar refractivity (Wildman–Crippen MR) is 103 cm³/mol. The number of anilines is 1. The molecular weight excluding hydrogens is 348 g/mol. The Balaban J connectivity index is 1.71. The zero-order chi connectivity index (χ0) is 16.2. The second-order valence-corrected chi connectivity index (χ2v) is 7.14. The van der Waals surface area contributed by atoms with E-state index in [0.29, 0.717) is 0 Å². The number of ether oxygens (including phenoxy) is 1. The van der Waals surface area contributed by atoms with Gasteiger partial charge in [0, 0.05) is 23.0 Å². The first kappa shape index (κ1) is 16.4. The Kier molecular flexibility index (Phi) is 5.30. The molecule has 0 bridgehead atoms. The van der Waals surface area contributed by atoms with Crippen LogP contribution < -0.4 is 10.1 Å². The second kappa shape index (κ2) is 7.43. The van der Waals surface area contributed by atoms with Crippen molar-refractivity contribution >= 4 is 46.4 Å². The molecular formula is C17H17ClN2OS2. The molecule has 1 saturated heterocycles. The maximum absolute atomic E-state index is 5.98. The Morgan fingerprint density at radius 2 is 1.91 bits per heavy atom. The summed E-state index contributed by atoms with van der Waals surface area (Å²) in [7, 11) is 1.66. The first-order valence-corrected chi connectivity index (χ1v) is 9.09. The van der Waals surface area contributed by atoms with Crippen molar-refractivity contribution in [2.24, 2.45) is 0 Å². The maximum atomic E-state index is 5.98. The summed E-state index contributed by atoms with van der Waals surface area (Å²) in [6.45, 7) is 0.931. The third kappa shape index (κ3) is 3.91. The van der Waals surface area contributed by atoms with Gasteiger partial charge >= 0.3 is 0 Å². The molecule has 1 N–H and O–H groups in total. The van der Waals surface area contributed by atoms with Gasteiger partial charge in [-0.1, -0.05) is 23.7 Å². The van der Waals surface area contributed by atoms with Crippen molar-refractivity contribution in [2.75, 3.05) is 24.7 Å². The highest BCUT2D eigenvalue weighted by atomic mass is 35.5. The molecule has 23 heavy (non-hydrogen) atoms. The number of rotatable bonds is 3. The van der Waals surface area contributed by atoms with Crippen LogP contribution in [-0.4, -0.2) is 29.4 Å². The molecule has 0 aliphatic carbocycles. The Hall–Kier alpha value is -1.43. The van der Waals surface area contributed by atoms with Crippen LogP contribution in [0.3, 0.4) is 0 Å². The average Bonchev–Trinajstić information content (AvgIpc) is 3.06. The Labute approximate surface area is 151 Å². The van der Waals surface area contributed by atoms with E-state index in [2.05, 4.69) is 22.3 Å². The van der Waals surface area contributed by atoms with Crippen molar-refractivity contribution in [3.63, 3.8) is 0 Å². The highest BCUT2D eigenvalue weighted by molar-refractivity contribution is 7.99. The van der Waals surface area contributed by atoms with E-state index in [4.69, 9.17) is 28.6 Å². The Morgan fingerprint density at radius 3 is 2.57 bits per heavy atom. The third-order valence-electron chi connectivity index (χ3n) is 3.65. The lowest BCUT2D eigenvalue weighted by atomic mass is 10.2. The largest absolute Gasteiger partial charge is 0.497 e. The van der Waals surface area contributed by atoms with Crippen molar-refractivity contribution in [1.82, 2.24) is 4.90 Å². The van der Waals surface area contributed by atoms with Crippen LogP contribution in [0.5, 0.6) is 5.75 Å². The number of nitrogens with one attached hydrogen (secondary N) is 1. The topological polar surface area (TPSA) is 24.5 Å². The van der Waals surface area contributed by atoms with E-state index in [-0.39, 0.29) is 5.37 Å². The summed E-state index contributed by atoms with van der Waals surface area (Å²) in [6, 6.07) is 15.7. The van der Waals surface area contributed by atoms with Gasteiger partial charge in [0.1, 0.15) is 11.1 Å². The lowest BCUT2D eigenvalue weighted by molar-refractivity contribution is 0.415. The molecule has 1 fully saturated rings. The minimum Gasteiger partial charge on any atom is -0.497 e. The van der Waals surface area contributed by atoms with Gasteiger partial charge in [0.15, 0.2) is 5.11 Å². The molecule has 1 atom stereocenters. The van der Waals surface area contributed by atoms with Gasteiger partial charge in [-0.25, -0.2) is 0 Å². The number of methoxy groups -OCH3 is 1. The molecule has 0 saturated carbocycles. The standard InChI is InChI=1S/C17H17ClN2OS2/c1-21-15-8-6-14(7-9-15)19-17(22)20-10-11-23-16(20)12-2-4-13(18)5-3-12/h2-9,16H,10-11H2,1H3,(H,19,22)/t16-/m1/s1. The molecule has 1 aliphatic rings. The van der Waals surface area contributed by atoms with Crippen molar-refractivity contribution in [1.29, 1.82) is 0 Å². The fourth-order valence-electron chi connectivity index (χ4n) is 2.45. The molecule has 3 nitrogen and oxygen atoms in total. The van der Waals surface area contributed by atoms with Gasteiger partial charge in [0.2, 0.25) is 0 Å². The number of nitrogens with zero attached hydrogens (tertiary/aromatic N) is 1. The van der Waals surface area contributed by atoms with Crippen LogP contribution in [0.25, 0.3) is 0 Å². The number of benzene rings is 2. The summed E-state index contributed by atoms with van der Waals surface area (Å²) in [4.78, 5) is 2.22. The quantitative estimate of drug-likeness (QED) is 0.789. The number of thiocarbonyl (C=S) groups is 1. The first-order valence-electron chi connectivity index (χ1n) is 7.26. The molecule has 2 aromatic rings. The predicted octanol–water partition coefficient (Wildman–Crippen LogP) is 4.79. The molecule has 0 radical (unpaired) electrons. The molecule has 0 amide bonds. The van der Waals surface area contributed by atoms with Crippen molar-refractivity contribution in [3.8, 4) is 5.75 Å². The van der Waals surface area contributed by atoms with E-state index in [9.17, 15) is 0 Å². The van der Waals surface area contributed by atoms with Gasteiger partial charge < -0.3 is 15.0 Å². The zero-order valence-electron chi connectivity index (χ0n) is 12.7. The van der Waals surface area contributed by atoms with Crippen molar-refractivity contribution in [3.05, 3.63) is 59.1 Å². The van der Waals surface area contributed by atoms with Crippen molar-refractivity contribution in [2.45, 2.75) is 5.37 Å². The number of halogens is 1. The average molecular weight is 365 g/mol. The molecule has 1 heterocycles. The van der Waals surface area contributed by atoms with Crippen LogP contribution in [0.4, 0.5) is 5.69 Å². The van der Waals surface area contributed by atoms with E-state index in [1.807, 2.05) is 48.2 Å². The van der Waals surface area contributed by atoms with Crippen LogP contribution in [-0.2, 0) is 0 Å². The van der Waals surface area contributed by atoms with E-state index in [1.54, 1.807) is 7.11 Å². The summed E-state index contributed by atoms with van der Waals surface area (Å²) in [5, 5.41) is 5.02. The van der Waals surface area contributed by atoms with Gasteiger partial charge in [-0.15, -0.1) is 11.8 Å². The van der Waals surface area contributed by atoms with Crippen LogP contribution in [0, 0.1) is 0 Å². The summed E-state index contributed by atoms with van der Waals surface area (Å²) in [5.41, 5.74) is 2.18. The third-order valence-corrected chi connectivity index (χ3v) is 5.50. The monoisotopic (exact) mass is 364 g/mol. The lowest BCUT2D eigenvalue weighted by Gasteiger charge is -2.27. The minimum atomic E-state index is 0.227. The highest BCUT2D eigenvalue weighted by Crippen LogP contribution is 2.38. The molecule has 120 valence electrons. The van der Waals surface area contributed by atoms with Crippen LogP contribution >= 0.6 is 35.6 Å². The van der Waals surface area contributed by atoms with Crippen LogP contribution in [0.15, 0.2) is 48.5 Å². The minimum absolute atomic E-state index is 0.227. The highest BCUT2D eigenvalue weighted by Gasteiger charge is 2.28. The van der Waals surface area contributed by atoms with Gasteiger partial charge in [-0.2, -0.15) is 0 Å². The van der Waals surface area contributed by atoms with Crippen LogP contribution in [0.2, 0.25) is 5.02 Å². The Morgan fingerprint density at radius 1 is 1.22 bits per heavy atom. The lowest BCUT2D eigenvalue weighted by Crippen LogP contribution is -2.34. The smallest absolute Gasteiger partial charge is 0.174 e. The van der Waals surface area contributed by atoms with Gasteiger partial charge in [-0.3, -0.25) is 0 Å². The molecule has 0 aromatic heterocycles. The van der Waals surface area contributed by atoms with E-state index >= 15 is 0 Å². The van der Waals surface area contributed by atoms with E-state index < -0.39 is 0 Å². The van der Waals surface area contributed by atoms with Gasteiger partial charge in [0.05, 0.1) is 7.11 Å². The number of hydrogen-bond donors (Lipinski definition) is 1. The molecule has 2 aromatic carbocycles. The molecule has 6 heteroatoms. The maximum Gasteiger partial charge on any atom is 0.174 e. The van der Waals surface area contributed by atoms with Gasteiger partial charge in [0.25, 0.3) is 0 Å². The summed E-state index contributed by atoms with van der Waals surface area (Å²) >= 11 is 13.5. The van der Waals surface area contributed by atoms with Gasteiger partial charge in [-0.05, 0) is 54.2 Å². The second-order valence-electron chi connectivity index (χ2n) is 5.13. The summed E-state index contributed by atoms with van der Waals surface area (Å²) in [6.07, 6.45) is 0. The summed E-state index contributed by atoms with van der Waals surface area (Å²) in [5.74, 6) is 1.88. The fraction of sp³-hybridized carbons (Fsp3) is 0.235.